The Bertz CT molecular complexity index is 447. The van der Waals surface area contributed by atoms with Crippen molar-refractivity contribution in [2.75, 3.05) is 44.2 Å². The van der Waals surface area contributed by atoms with E-state index in [2.05, 4.69) is 21.7 Å². The molecule has 2 N–H and O–H groups in total. The second-order valence-corrected chi connectivity index (χ2v) is 5.43. The Kier molecular flexibility index (Phi) is 5.55. The molecule has 2 heterocycles. The second kappa shape index (κ2) is 7.40. The minimum absolute atomic E-state index is 0.559. The molecule has 110 valence electrons. The Labute approximate surface area is 125 Å². The van der Waals surface area contributed by atoms with E-state index >= 15 is 0 Å². The van der Waals surface area contributed by atoms with Crippen LogP contribution in [0, 0.1) is 0 Å². The number of hydrogen-bond donors (Lipinski definition) is 1. The van der Waals surface area contributed by atoms with Gasteiger partial charge in [0.1, 0.15) is 0 Å². The Morgan fingerprint density at radius 1 is 1.40 bits per heavy atom. The molecule has 0 spiro atoms. The number of pyridine rings is 1. The second-order valence-electron chi connectivity index (χ2n) is 4.90. The van der Waals surface area contributed by atoms with Crippen LogP contribution in [0.3, 0.4) is 0 Å². The molecule has 0 saturated carbocycles. The monoisotopic (exact) mass is 294 g/mol. The van der Waals surface area contributed by atoms with Gasteiger partial charge in [0.2, 0.25) is 0 Å². The van der Waals surface area contributed by atoms with Crippen molar-refractivity contribution in [1.29, 1.82) is 0 Å². The predicted molar refractivity (Wildman–Crippen MR) is 85.5 cm³/mol. The van der Waals surface area contributed by atoms with Crippen LogP contribution >= 0.6 is 12.2 Å². The lowest BCUT2D eigenvalue weighted by Crippen LogP contribution is -2.48. The smallest absolute Gasteiger partial charge is 0.171 e. The molecule has 6 heteroatoms. The highest BCUT2D eigenvalue weighted by atomic mass is 32.1. The van der Waals surface area contributed by atoms with Gasteiger partial charge in [-0.05, 0) is 18.6 Å². The third-order valence-electron chi connectivity index (χ3n) is 3.26. The Hall–Kier alpha value is -1.40. The van der Waals surface area contributed by atoms with E-state index in [0.717, 1.165) is 50.8 Å². The number of aromatic nitrogens is 1. The highest BCUT2D eigenvalue weighted by Crippen LogP contribution is 2.26. The van der Waals surface area contributed by atoms with Gasteiger partial charge >= 0.3 is 0 Å². The number of thiocarbonyl (C=S) groups is 1. The van der Waals surface area contributed by atoms with Crippen LogP contribution in [0.4, 0.5) is 5.82 Å². The molecule has 0 radical (unpaired) electrons. The van der Waals surface area contributed by atoms with E-state index in [4.69, 9.17) is 22.7 Å². The number of anilines is 1. The molecule has 20 heavy (non-hydrogen) atoms. The van der Waals surface area contributed by atoms with Crippen LogP contribution in [-0.4, -0.2) is 54.2 Å². The van der Waals surface area contributed by atoms with Crippen molar-refractivity contribution in [1.82, 2.24) is 9.88 Å². The largest absolute Gasteiger partial charge is 0.490 e. The number of rotatable bonds is 6. The van der Waals surface area contributed by atoms with Crippen molar-refractivity contribution in [2.24, 2.45) is 5.73 Å². The highest BCUT2D eigenvalue weighted by Gasteiger charge is 2.20. The summed E-state index contributed by atoms with van der Waals surface area (Å²) in [6.07, 6.45) is 2.81. The highest BCUT2D eigenvalue weighted by molar-refractivity contribution is 7.80. The Morgan fingerprint density at radius 3 is 2.80 bits per heavy atom. The van der Waals surface area contributed by atoms with Crippen molar-refractivity contribution in [3.63, 3.8) is 0 Å². The summed E-state index contributed by atoms with van der Waals surface area (Å²) in [7, 11) is 0. The average molecular weight is 294 g/mol. The van der Waals surface area contributed by atoms with E-state index in [0.29, 0.717) is 11.5 Å². The summed E-state index contributed by atoms with van der Waals surface area (Å²) in [4.78, 5) is 9.57. The summed E-state index contributed by atoms with van der Waals surface area (Å²) in [5.41, 5.74) is 5.59. The zero-order valence-electron chi connectivity index (χ0n) is 11.9. The number of ether oxygens (including phenoxy) is 1. The lowest BCUT2D eigenvalue weighted by Gasteiger charge is -2.35. The van der Waals surface area contributed by atoms with Gasteiger partial charge in [-0.15, -0.1) is 0 Å². The van der Waals surface area contributed by atoms with Crippen molar-refractivity contribution in [3.8, 4) is 5.75 Å². The van der Waals surface area contributed by atoms with E-state index in [9.17, 15) is 0 Å². The normalized spacial score (nSPS) is 16.1. The van der Waals surface area contributed by atoms with Crippen LogP contribution in [-0.2, 0) is 0 Å². The topological polar surface area (TPSA) is 54.6 Å². The quantitative estimate of drug-likeness (QED) is 0.798. The summed E-state index contributed by atoms with van der Waals surface area (Å²) >= 11 is 4.96. The summed E-state index contributed by atoms with van der Waals surface area (Å²) in [6.45, 7) is 7.25. The number of nitrogens with zero attached hydrogens (tertiary/aromatic N) is 3. The van der Waals surface area contributed by atoms with Crippen LogP contribution in [0.1, 0.15) is 13.3 Å². The van der Waals surface area contributed by atoms with Gasteiger partial charge in [-0.1, -0.05) is 19.1 Å². The van der Waals surface area contributed by atoms with Crippen LogP contribution in [0.5, 0.6) is 5.75 Å². The SMILES string of the molecule is CCCOc1cccnc1N1CCN(CC(N)=S)CC1. The molecule has 0 unspecified atom stereocenters. The molecule has 1 aromatic heterocycles. The number of hydrogen-bond acceptors (Lipinski definition) is 5. The maximum Gasteiger partial charge on any atom is 0.171 e. The van der Waals surface area contributed by atoms with Gasteiger partial charge in [-0.2, -0.15) is 0 Å². The average Bonchev–Trinajstić information content (AvgIpc) is 2.46. The molecule has 1 aliphatic rings. The minimum atomic E-state index is 0.559. The fraction of sp³-hybridized carbons (Fsp3) is 0.571. The maximum absolute atomic E-state index is 5.77. The predicted octanol–water partition coefficient (Wildman–Crippen LogP) is 1.28. The van der Waals surface area contributed by atoms with E-state index < -0.39 is 0 Å². The zero-order chi connectivity index (χ0) is 14.4. The molecule has 1 aliphatic heterocycles. The first-order chi connectivity index (χ1) is 9.70. The van der Waals surface area contributed by atoms with Gasteiger partial charge in [0.05, 0.1) is 11.6 Å². The van der Waals surface area contributed by atoms with Gasteiger partial charge in [0.15, 0.2) is 11.6 Å². The van der Waals surface area contributed by atoms with Gasteiger partial charge in [-0.25, -0.2) is 4.98 Å². The van der Waals surface area contributed by atoms with Crippen molar-refractivity contribution < 1.29 is 4.74 Å². The third-order valence-corrected chi connectivity index (χ3v) is 3.39. The minimum Gasteiger partial charge on any atom is -0.490 e. The summed E-state index contributed by atoms with van der Waals surface area (Å²) in [5.74, 6) is 1.81. The summed E-state index contributed by atoms with van der Waals surface area (Å²) in [5, 5.41) is 0. The molecule has 1 saturated heterocycles. The van der Waals surface area contributed by atoms with Crippen molar-refractivity contribution in [3.05, 3.63) is 18.3 Å². The van der Waals surface area contributed by atoms with Crippen LogP contribution in [0.25, 0.3) is 0 Å². The Morgan fingerprint density at radius 2 is 2.15 bits per heavy atom. The standard InChI is InChI=1S/C14H22N4OS/c1-2-10-19-12-4-3-5-16-14(12)18-8-6-17(7-9-18)11-13(15)20/h3-5H,2,6-11H2,1H3,(H2,15,20). The molecule has 0 aliphatic carbocycles. The molecule has 1 fully saturated rings. The van der Waals surface area contributed by atoms with E-state index in [-0.39, 0.29) is 0 Å². The molecule has 1 aromatic rings. The van der Waals surface area contributed by atoms with E-state index in [1.165, 1.54) is 0 Å². The van der Waals surface area contributed by atoms with E-state index in [1.54, 1.807) is 0 Å². The molecule has 5 nitrogen and oxygen atoms in total. The molecular formula is C14H22N4OS. The van der Waals surface area contributed by atoms with Crippen LogP contribution < -0.4 is 15.4 Å². The number of piperazine rings is 1. The van der Waals surface area contributed by atoms with Gasteiger partial charge < -0.3 is 15.4 Å². The van der Waals surface area contributed by atoms with Crippen LogP contribution in [0.15, 0.2) is 18.3 Å². The third kappa shape index (κ3) is 4.05. The fourth-order valence-corrected chi connectivity index (χ4v) is 2.47. The van der Waals surface area contributed by atoms with Gasteiger partial charge in [0, 0.05) is 38.9 Å². The molecule has 0 atom stereocenters. The summed E-state index contributed by atoms with van der Waals surface area (Å²) in [6, 6.07) is 3.90. The molecule has 0 amide bonds. The van der Waals surface area contributed by atoms with Crippen molar-refractivity contribution in [2.45, 2.75) is 13.3 Å². The lowest BCUT2D eigenvalue weighted by molar-refractivity contribution is 0.286. The first-order valence-corrected chi connectivity index (χ1v) is 7.45. The molecule has 0 aromatic carbocycles. The Balaban J connectivity index is 1.97. The summed E-state index contributed by atoms with van der Waals surface area (Å²) < 4.78 is 5.77. The lowest BCUT2D eigenvalue weighted by atomic mass is 10.3. The van der Waals surface area contributed by atoms with Gasteiger partial charge in [-0.3, -0.25) is 4.90 Å². The van der Waals surface area contributed by atoms with E-state index in [1.807, 2.05) is 18.3 Å². The maximum atomic E-state index is 5.77. The first kappa shape index (κ1) is 15.0. The first-order valence-electron chi connectivity index (χ1n) is 7.04. The van der Waals surface area contributed by atoms with Crippen molar-refractivity contribution >= 4 is 23.0 Å². The zero-order valence-corrected chi connectivity index (χ0v) is 12.7. The van der Waals surface area contributed by atoms with Gasteiger partial charge in [0.25, 0.3) is 0 Å². The molecular weight excluding hydrogens is 272 g/mol. The molecule has 0 bridgehead atoms. The number of nitrogens with two attached hydrogens (primary N) is 1. The fourth-order valence-electron chi connectivity index (χ4n) is 2.28. The van der Waals surface area contributed by atoms with Crippen LogP contribution in [0.2, 0.25) is 0 Å². The molecule has 2 rings (SSSR count).